The third-order valence-electron chi connectivity index (χ3n) is 3.43. The lowest BCUT2D eigenvalue weighted by Gasteiger charge is -2.09. The molecule has 0 aliphatic heterocycles. The number of anilines is 1. The molecular formula is C17H17ClN6OS. The first-order valence-corrected chi connectivity index (χ1v) is 9.41. The van der Waals surface area contributed by atoms with Crippen molar-refractivity contribution in [2.24, 2.45) is 0 Å². The quantitative estimate of drug-likeness (QED) is 0.623. The number of carbonyl (C=O) groups is 1. The maximum atomic E-state index is 12.1. The molecule has 0 saturated carbocycles. The lowest BCUT2D eigenvalue weighted by Crippen LogP contribution is -2.15. The number of halogens is 1. The Labute approximate surface area is 160 Å². The monoisotopic (exact) mass is 388 g/mol. The summed E-state index contributed by atoms with van der Waals surface area (Å²) in [5, 5.41) is 12.5. The van der Waals surface area contributed by atoms with Crippen molar-refractivity contribution in [3.63, 3.8) is 0 Å². The van der Waals surface area contributed by atoms with E-state index in [2.05, 4.69) is 32.4 Å². The van der Waals surface area contributed by atoms with Gasteiger partial charge < -0.3 is 9.88 Å². The predicted octanol–water partition coefficient (Wildman–Crippen LogP) is 3.53. The van der Waals surface area contributed by atoms with Gasteiger partial charge in [-0.25, -0.2) is 4.98 Å². The highest BCUT2D eigenvalue weighted by molar-refractivity contribution is 7.99. The molecule has 0 aliphatic rings. The van der Waals surface area contributed by atoms with Crippen LogP contribution in [0.25, 0.3) is 11.4 Å². The Balaban J connectivity index is 1.68. The number of hydrogen-bond donors (Lipinski definition) is 1. The van der Waals surface area contributed by atoms with Crippen molar-refractivity contribution < 1.29 is 4.79 Å². The number of amides is 1. The largest absolute Gasteiger partial charge is 0.310 e. The van der Waals surface area contributed by atoms with E-state index in [1.807, 2.05) is 16.7 Å². The number of aromatic nitrogens is 5. The van der Waals surface area contributed by atoms with E-state index in [1.54, 1.807) is 24.5 Å². The number of carbonyl (C=O) groups excluding carboxylic acids is 1. The molecule has 3 aromatic heterocycles. The molecule has 0 saturated heterocycles. The predicted molar refractivity (Wildman–Crippen MR) is 102 cm³/mol. The Morgan fingerprint density at radius 1 is 1.23 bits per heavy atom. The molecular weight excluding hydrogens is 372 g/mol. The fourth-order valence-electron chi connectivity index (χ4n) is 2.29. The zero-order valence-corrected chi connectivity index (χ0v) is 15.7. The molecule has 26 heavy (non-hydrogen) atoms. The number of nitrogens with zero attached hydrogens (tertiary/aromatic N) is 5. The Morgan fingerprint density at radius 2 is 2.04 bits per heavy atom. The first-order valence-electron chi connectivity index (χ1n) is 8.05. The Bertz CT molecular complexity index is 869. The average molecular weight is 389 g/mol. The SMILES string of the molecule is CCCn1c(SCC(=O)Nc2ccc(Cl)cn2)nnc1-c1ccncc1. The highest BCUT2D eigenvalue weighted by atomic mass is 35.5. The lowest BCUT2D eigenvalue weighted by atomic mass is 10.2. The van der Waals surface area contributed by atoms with Gasteiger partial charge in [0.2, 0.25) is 5.91 Å². The van der Waals surface area contributed by atoms with E-state index in [0.29, 0.717) is 16.0 Å². The second kappa shape index (κ2) is 8.77. The van der Waals surface area contributed by atoms with Gasteiger partial charge in [-0.3, -0.25) is 9.78 Å². The zero-order chi connectivity index (χ0) is 18.4. The van der Waals surface area contributed by atoms with Crippen LogP contribution in [0.3, 0.4) is 0 Å². The molecule has 0 radical (unpaired) electrons. The van der Waals surface area contributed by atoms with Gasteiger partial charge in [-0.15, -0.1) is 10.2 Å². The molecule has 1 N–H and O–H groups in total. The highest BCUT2D eigenvalue weighted by Gasteiger charge is 2.15. The van der Waals surface area contributed by atoms with E-state index in [4.69, 9.17) is 11.6 Å². The van der Waals surface area contributed by atoms with Gasteiger partial charge in [0.1, 0.15) is 5.82 Å². The van der Waals surface area contributed by atoms with Gasteiger partial charge in [0, 0.05) is 30.7 Å². The molecule has 0 atom stereocenters. The van der Waals surface area contributed by atoms with Crippen molar-refractivity contribution in [1.82, 2.24) is 24.7 Å². The van der Waals surface area contributed by atoms with E-state index in [9.17, 15) is 4.79 Å². The number of thioether (sulfide) groups is 1. The molecule has 0 bridgehead atoms. The van der Waals surface area contributed by atoms with E-state index in [1.165, 1.54) is 18.0 Å². The van der Waals surface area contributed by atoms with Crippen LogP contribution in [0.5, 0.6) is 0 Å². The summed E-state index contributed by atoms with van der Waals surface area (Å²) in [5.41, 5.74) is 0.947. The summed E-state index contributed by atoms with van der Waals surface area (Å²) < 4.78 is 2.02. The summed E-state index contributed by atoms with van der Waals surface area (Å²) >= 11 is 7.13. The van der Waals surface area contributed by atoms with Crippen molar-refractivity contribution in [1.29, 1.82) is 0 Å². The summed E-state index contributed by atoms with van der Waals surface area (Å²) in [6, 6.07) is 7.12. The normalized spacial score (nSPS) is 10.7. The molecule has 0 fully saturated rings. The van der Waals surface area contributed by atoms with Crippen LogP contribution < -0.4 is 5.32 Å². The third-order valence-corrected chi connectivity index (χ3v) is 4.62. The number of hydrogen-bond acceptors (Lipinski definition) is 6. The molecule has 3 heterocycles. The Kier molecular flexibility index (Phi) is 6.19. The standard InChI is InChI=1S/C17H17ClN6OS/c1-2-9-24-16(12-5-7-19-8-6-12)22-23-17(24)26-11-15(25)21-14-4-3-13(18)10-20-14/h3-8,10H,2,9,11H2,1H3,(H,20,21,25). The van der Waals surface area contributed by atoms with E-state index < -0.39 is 0 Å². The minimum Gasteiger partial charge on any atom is -0.310 e. The minimum absolute atomic E-state index is 0.165. The van der Waals surface area contributed by atoms with Crippen molar-refractivity contribution >= 4 is 35.1 Å². The molecule has 3 aromatic rings. The highest BCUT2D eigenvalue weighted by Crippen LogP contribution is 2.24. The van der Waals surface area contributed by atoms with Crippen LogP contribution >= 0.6 is 23.4 Å². The fraction of sp³-hybridized carbons (Fsp3) is 0.235. The fourth-order valence-corrected chi connectivity index (χ4v) is 3.17. The van der Waals surface area contributed by atoms with Gasteiger partial charge in [0.05, 0.1) is 10.8 Å². The topological polar surface area (TPSA) is 85.6 Å². The maximum Gasteiger partial charge on any atom is 0.236 e. The zero-order valence-electron chi connectivity index (χ0n) is 14.1. The van der Waals surface area contributed by atoms with Crippen molar-refractivity contribution in [3.8, 4) is 11.4 Å². The van der Waals surface area contributed by atoms with Crippen LogP contribution in [-0.2, 0) is 11.3 Å². The molecule has 0 aromatic carbocycles. The summed E-state index contributed by atoms with van der Waals surface area (Å²) in [4.78, 5) is 20.2. The first-order chi connectivity index (χ1) is 12.7. The molecule has 0 unspecified atom stereocenters. The smallest absolute Gasteiger partial charge is 0.236 e. The first kappa shape index (κ1) is 18.3. The number of rotatable bonds is 7. The molecule has 0 spiro atoms. The van der Waals surface area contributed by atoms with Gasteiger partial charge in [-0.2, -0.15) is 0 Å². The second-order valence-electron chi connectivity index (χ2n) is 5.39. The van der Waals surface area contributed by atoms with Gasteiger partial charge in [-0.1, -0.05) is 30.3 Å². The van der Waals surface area contributed by atoms with Crippen LogP contribution in [0.4, 0.5) is 5.82 Å². The second-order valence-corrected chi connectivity index (χ2v) is 6.77. The summed E-state index contributed by atoms with van der Waals surface area (Å²) in [6.45, 7) is 2.86. The van der Waals surface area contributed by atoms with Crippen LogP contribution in [0, 0.1) is 0 Å². The molecule has 9 heteroatoms. The van der Waals surface area contributed by atoms with Crippen LogP contribution in [-0.4, -0.2) is 36.4 Å². The van der Waals surface area contributed by atoms with Gasteiger partial charge in [0.15, 0.2) is 11.0 Å². The Morgan fingerprint density at radius 3 is 2.73 bits per heavy atom. The summed E-state index contributed by atoms with van der Waals surface area (Å²) in [6.07, 6.45) is 5.87. The van der Waals surface area contributed by atoms with Crippen LogP contribution in [0.15, 0.2) is 48.0 Å². The van der Waals surface area contributed by atoms with Crippen LogP contribution in [0.1, 0.15) is 13.3 Å². The third kappa shape index (κ3) is 4.59. The maximum absolute atomic E-state index is 12.1. The summed E-state index contributed by atoms with van der Waals surface area (Å²) in [5.74, 6) is 1.29. The molecule has 0 aliphatic carbocycles. The van der Waals surface area contributed by atoms with Crippen molar-refractivity contribution in [2.45, 2.75) is 25.0 Å². The Hall–Kier alpha value is -2.45. The number of nitrogens with one attached hydrogen (secondary N) is 1. The van der Waals surface area contributed by atoms with Gasteiger partial charge in [0.25, 0.3) is 0 Å². The lowest BCUT2D eigenvalue weighted by molar-refractivity contribution is -0.113. The molecule has 7 nitrogen and oxygen atoms in total. The number of pyridine rings is 2. The van der Waals surface area contributed by atoms with E-state index >= 15 is 0 Å². The minimum atomic E-state index is -0.165. The van der Waals surface area contributed by atoms with E-state index in [-0.39, 0.29) is 11.7 Å². The molecule has 134 valence electrons. The van der Waals surface area contributed by atoms with Gasteiger partial charge in [-0.05, 0) is 30.7 Å². The van der Waals surface area contributed by atoms with E-state index in [0.717, 1.165) is 24.4 Å². The average Bonchev–Trinajstić information content (AvgIpc) is 3.06. The molecule has 3 rings (SSSR count). The molecule has 1 amide bonds. The van der Waals surface area contributed by atoms with Crippen molar-refractivity contribution in [2.75, 3.05) is 11.1 Å². The van der Waals surface area contributed by atoms with Gasteiger partial charge >= 0.3 is 0 Å². The summed E-state index contributed by atoms with van der Waals surface area (Å²) in [7, 11) is 0. The van der Waals surface area contributed by atoms with Crippen molar-refractivity contribution in [3.05, 3.63) is 47.9 Å². The van der Waals surface area contributed by atoms with Crippen LogP contribution in [0.2, 0.25) is 5.02 Å².